The number of carbonyl (C=O) groups is 2. The van der Waals surface area contributed by atoms with Crippen molar-refractivity contribution >= 4 is 21.9 Å². The van der Waals surface area contributed by atoms with Crippen LogP contribution in [0.5, 0.6) is 0 Å². The van der Waals surface area contributed by atoms with Gasteiger partial charge >= 0.3 is 5.97 Å². The van der Waals surface area contributed by atoms with Crippen LogP contribution in [0.3, 0.4) is 0 Å². The van der Waals surface area contributed by atoms with Gasteiger partial charge in [-0.05, 0) is 24.3 Å². The number of amides is 1. The molecular formula is C14H18N2O5S. The molecule has 2 N–H and O–H groups in total. The van der Waals surface area contributed by atoms with Crippen molar-refractivity contribution in [2.45, 2.75) is 11.3 Å². The SMILES string of the molecule is C=CCNS(=O)(=O)c1ccc(C(=O)N(C)CCC(=O)O)cc1. The summed E-state index contributed by atoms with van der Waals surface area (Å²) in [5.41, 5.74) is 0.288. The molecule has 1 aromatic rings. The number of hydrogen-bond acceptors (Lipinski definition) is 4. The van der Waals surface area contributed by atoms with Crippen LogP contribution in [-0.2, 0) is 14.8 Å². The van der Waals surface area contributed by atoms with Crippen molar-refractivity contribution in [3.8, 4) is 0 Å². The molecule has 0 atom stereocenters. The molecule has 22 heavy (non-hydrogen) atoms. The van der Waals surface area contributed by atoms with Crippen molar-refractivity contribution in [3.05, 3.63) is 42.5 Å². The molecule has 7 nitrogen and oxygen atoms in total. The summed E-state index contributed by atoms with van der Waals surface area (Å²) in [5, 5.41) is 8.59. The number of nitrogens with zero attached hydrogens (tertiary/aromatic N) is 1. The molecule has 0 fully saturated rings. The maximum absolute atomic E-state index is 12.0. The summed E-state index contributed by atoms with van der Waals surface area (Å²) in [6.07, 6.45) is 1.27. The van der Waals surface area contributed by atoms with Gasteiger partial charge in [-0.2, -0.15) is 0 Å². The van der Waals surface area contributed by atoms with Crippen molar-refractivity contribution in [2.24, 2.45) is 0 Å². The Hall–Kier alpha value is -2.19. The average Bonchev–Trinajstić information content (AvgIpc) is 2.50. The maximum Gasteiger partial charge on any atom is 0.305 e. The van der Waals surface area contributed by atoms with E-state index in [-0.39, 0.29) is 35.9 Å². The van der Waals surface area contributed by atoms with Gasteiger partial charge in [-0.25, -0.2) is 13.1 Å². The Bertz CT molecular complexity index is 652. The van der Waals surface area contributed by atoms with Gasteiger partial charge in [0.05, 0.1) is 11.3 Å². The lowest BCUT2D eigenvalue weighted by Gasteiger charge is -2.16. The minimum atomic E-state index is -3.63. The van der Waals surface area contributed by atoms with Gasteiger partial charge in [0.15, 0.2) is 0 Å². The van der Waals surface area contributed by atoms with Crippen LogP contribution >= 0.6 is 0 Å². The normalized spacial score (nSPS) is 11.0. The number of aliphatic carboxylic acids is 1. The van der Waals surface area contributed by atoms with E-state index in [1.54, 1.807) is 0 Å². The molecule has 0 unspecified atom stereocenters. The number of carbonyl (C=O) groups excluding carboxylic acids is 1. The first-order valence-corrected chi connectivity index (χ1v) is 7.94. The Kier molecular flexibility index (Phi) is 6.26. The van der Waals surface area contributed by atoms with Gasteiger partial charge in [-0.3, -0.25) is 9.59 Å². The molecule has 0 saturated heterocycles. The smallest absolute Gasteiger partial charge is 0.305 e. The summed E-state index contributed by atoms with van der Waals surface area (Å²) in [5.74, 6) is -1.36. The first-order valence-electron chi connectivity index (χ1n) is 6.46. The molecule has 0 bridgehead atoms. The highest BCUT2D eigenvalue weighted by Gasteiger charge is 2.16. The second-order valence-corrected chi connectivity index (χ2v) is 6.30. The first-order chi connectivity index (χ1) is 10.3. The summed E-state index contributed by atoms with van der Waals surface area (Å²) < 4.78 is 26.1. The van der Waals surface area contributed by atoms with Crippen LogP contribution in [0.2, 0.25) is 0 Å². The topological polar surface area (TPSA) is 104 Å². The number of rotatable bonds is 8. The van der Waals surface area contributed by atoms with Crippen LogP contribution in [0.1, 0.15) is 16.8 Å². The van der Waals surface area contributed by atoms with Crippen LogP contribution in [0.15, 0.2) is 41.8 Å². The molecule has 120 valence electrons. The molecule has 0 aliphatic carbocycles. The van der Waals surface area contributed by atoms with Crippen molar-refractivity contribution in [1.29, 1.82) is 0 Å². The van der Waals surface area contributed by atoms with Crippen LogP contribution in [-0.4, -0.2) is 50.4 Å². The molecule has 8 heteroatoms. The number of benzene rings is 1. The van der Waals surface area contributed by atoms with Crippen LogP contribution < -0.4 is 4.72 Å². The molecule has 0 aliphatic rings. The van der Waals surface area contributed by atoms with Gasteiger partial charge in [0.25, 0.3) is 5.91 Å². The Morgan fingerprint density at radius 1 is 1.32 bits per heavy atom. The van der Waals surface area contributed by atoms with Gasteiger partial charge in [0.2, 0.25) is 10.0 Å². The second-order valence-electron chi connectivity index (χ2n) is 4.54. The van der Waals surface area contributed by atoms with Crippen molar-refractivity contribution < 1.29 is 23.1 Å². The average molecular weight is 326 g/mol. The molecule has 1 amide bonds. The predicted octanol–water partition coefficient (Wildman–Crippen LogP) is 0.698. The Morgan fingerprint density at radius 3 is 2.41 bits per heavy atom. The highest BCUT2D eigenvalue weighted by Crippen LogP contribution is 2.12. The Balaban J connectivity index is 2.82. The number of carboxylic acids is 1. The maximum atomic E-state index is 12.0. The minimum absolute atomic E-state index is 0.0408. The third kappa shape index (κ3) is 4.97. The van der Waals surface area contributed by atoms with Gasteiger partial charge in [-0.15, -0.1) is 6.58 Å². The standard InChI is InChI=1S/C14H18N2O5S/c1-3-9-15-22(20,21)12-6-4-11(5-7-12)14(19)16(2)10-8-13(17)18/h3-7,15H,1,8-10H2,2H3,(H,17,18). The lowest BCUT2D eigenvalue weighted by atomic mass is 10.2. The molecule has 0 heterocycles. The Labute approximate surface area is 129 Å². The molecule has 1 aromatic carbocycles. The number of hydrogen-bond donors (Lipinski definition) is 2. The zero-order valence-electron chi connectivity index (χ0n) is 12.2. The van der Waals surface area contributed by atoms with E-state index in [0.29, 0.717) is 0 Å². The lowest BCUT2D eigenvalue weighted by molar-refractivity contribution is -0.137. The zero-order valence-corrected chi connectivity index (χ0v) is 13.0. The highest BCUT2D eigenvalue weighted by atomic mass is 32.2. The molecule has 1 rings (SSSR count). The second kappa shape index (κ2) is 7.71. The molecule has 0 aliphatic heterocycles. The van der Waals surface area contributed by atoms with Gasteiger partial charge in [-0.1, -0.05) is 6.08 Å². The summed E-state index contributed by atoms with van der Waals surface area (Å²) in [6.45, 7) is 3.62. The zero-order chi connectivity index (χ0) is 16.8. The van der Waals surface area contributed by atoms with Crippen molar-refractivity contribution in [3.63, 3.8) is 0 Å². The highest BCUT2D eigenvalue weighted by molar-refractivity contribution is 7.89. The number of sulfonamides is 1. The quantitative estimate of drug-likeness (QED) is 0.684. The minimum Gasteiger partial charge on any atom is -0.481 e. The van der Waals surface area contributed by atoms with Crippen molar-refractivity contribution in [1.82, 2.24) is 9.62 Å². The summed E-state index contributed by atoms with van der Waals surface area (Å²) in [4.78, 5) is 23.8. The van der Waals surface area contributed by atoms with E-state index in [0.717, 1.165) is 0 Å². The first kappa shape index (κ1) is 17.9. The van der Waals surface area contributed by atoms with Gasteiger partial charge in [0, 0.05) is 25.7 Å². The molecular weight excluding hydrogens is 308 g/mol. The van der Waals surface area contributed by atoms with Gasteiger partial charge < -0.3 is 10.0 Å². The fourth-order valence-corrected chi connectivity index (χ4v) is 2.61. The molecule has 0 radical (unpaired) electrons. The summed E-state index contributed by atoms with van der Waals surface area (Å²) in [6, 6.07) is 5.43. The van der Waals surface area contributed by atoms with Crippen LogP contribution in [0, 0.1) is 0 Å². The third-order valence-electron chi connectivity index (χ3n) is 2.84. The van der Waals surface area contributed by atoms with Crippen molar-refractivity contribution in [2.75, 3.05) is 20.1 Å². The van der Waals surface area contributed by atoms with E-state index in [4.69, 9.17) is 5.11 Å². The van der Waals surface area contributed by atoms with E-state index in [1.807, 2.05) is 0 Å². The van der Waals surface area contributed by atoms with E-state index in [1.165, 1.54) is 42.3 Å². The number of nitrogens with one attached hydrogen (secondary N) is 1. The van der Waals surface area contributed by atoms with Crippen LogP contribution in [0.25, 0.3) is 0 Å². The van der Waals surface area contributed by atoms with E-state index in [2.05, 4.69) is 11.3 Å². The number of carboxylic acid groups (broad SMARTS) is 1. The van der Waals surface area contributed by atoms with Gasteiger partial charge in [0.1, 0.15) is 0 Å². The van der Waals surface area contributed by atoms with E-state index >= 15 is 0 Å². The molecule has 0 saturated carbocycles. The largest absolute Gasteiger partial charge is 0.481 e. The van der Waals surface area contributed by atoms with E-state index in [9.17, 15) is 18.0 Å². The molecule has 0 aromatic heterocycles. The summed E-state index contributed by atoms with van der Waals surface area (Å²) in [7, 11) is -2.14. The summed E-state index contributed by atoms with van der Waals surface area (Å²) >= 11 is 0. The third-order valence-corrected chi connectivity index (χ3v) is 4.28. The fourth-order valence-electron chi connectivity index (χ4n) is 1.61. The van der Waals surface area contributed by atoms with E-state index < -0.39 is 16.0 Å². The Morgan fingerprint density at radius 2 is 1.91 bits per heavy atom. The lowest BCUT2D eigenvalue weighted by Crippen LogP contribution is -2.29. The predicted molar refractivity (Wildman–Crippen MR) is 81.0 cm³/mol. The molecule has 0 spiro atoms. The fraction of sp³-hybridized carbons (Fsp3) is 0.286. The van der Waals surface area contributed by atoms with Crippen LogP contribution in [0.4, 0.5) is 0 Å². The monoisotopic (exact) mass is 326 g/mol.